The molecule has 1 aliphatic heterocycles. The Labute approximate surface area is 116 Å². The minimum Gasteiger partial charge on any atom is -0.493 e. The summed E-state index contributed by atoms with van der Waals surface area (Å²) in [5.41, 5.74) is 1.25. The van der Waals surface area contributed by atoms with Gasteiger partial charge in [-0.1, -0.05) is 18.2 Å². The molecule has 0 saturated heterocycles. The fraction of sp³-hybridized carbons (Fsp3) is 0.333. The lowest BCUT2D eigenvalue weighted by Gasteiger charge is -2.28. The van der Waals surface area contributed by atoms with Crippen molar-refractivity contribution in [1.82, 2.24) is 0 Å². The Balaban J connectivity index is 1.94. The van der Waals surface area contributed by atoms with Crippen LogP contribution in [0.4, 0.5) is 0 Å². The van der Waals surface area contributed by atoms with Crippen molar-refractivity contribution < 1.29 is 4.74 Å². The predicted octanol–water partition coefficient (Wildman–Crippen LogP) is 4.90. The highest BCUT2D eigenvalue weighted by atomic mass is 35.5. The minimum atomic E-state index is 0.0498. The van der Waals surface area contributed by atoms with Crippen molar-refractivity contribution in [1.29, 1.82) is 0 Å². The number of rotatable bonds is 2. The number of benzene rings is 1. The zero-order chi connectivity index (χ0) is 12.5. The van der Waals surface area contributed by atoms with Crippen molar-refractivity contribution in [2.45, 2.75) is 24.6 Å². The van der Waals surface area contributed by atoms with E-state index < -0.39 is 0 Å². The molecule has 1 nitrogen and oxygen atoms in total. The molecule has 3 rings (SSSR count). The topological polar surface area (TPSA) is 9.23 Å². The van der Waals surface area contributed by atoms with Crippen molar-refractivity contribution in [3.05, 3.63) is 51.7 Å². The van der Waals surface area contributed by atoms with Crippen LogP contribution in [0.25, 0.3) is 0 Å². The molecule has 0 saturated carbocycles. The molecule has 0 N–H and O–H groups in total. The number of hydrogen-bond acceptors (Lipinski definition) is 2. The molecule has 2 heterocycles. The van der Waals surface area contributed by atoms with Crippen molar-refractivity contribution in [3.63, 3.8) is 0 Å². The fourth-order valence-corrected chi connectivity index (χ4v) is 3.86. The van der Waals surface area contributed by atoms with Gasteiger partial charge in [-0.05, 0) is 37.1 Å². The Morgan fingerprint density at radius 2 is 2.11 bits per heavy atom. The van der Waals surface area contributed by atoms with Gasteiger partial charge in [-0.25, -0.2) is 0 Å². The normalized spacial score (nSPS) is 20.0. The Kier molecular flexibility index (Phi) is 3.31. The molecule has 3 heteroatoms. The molecular formula is C15H15ClOS. The van der Waals surface area contributed by atoms with Gasteiger partial charge in [0.1, 0.15) is 5.75 Å². The molecule has 1 aromatic heterocycles. The monoisotopic (exact) mass is 278 g/mol. The van der Waals surface area contributed by atoms with Gasteiger partial charge in [-0.3, -0.25) is 0 Å². The van der Waals surface area contributed by atoms with Crippen LogP contribution in [0.3, 0.4) is 0 Å². The van der Waals surface area contributed by atoms with Gasteiger partial charge in [0.25, 0.3) is 0 Å². The maximum atomic E-state index is 6.68. The first-order chi connectivity index (χ1) is 8.75. The van der Waals surface area contributed by atoms with E-state index in [0.717, 1.165) is 18.8 Å². The molecule has 0 aliphatic carbocycles. The van der Waals surface area contributed by atoms with E-state index in [9.17, 15) is 0 Å². The second-order valence-corrected chi connectivity index (χ2v) is 6.42. The van der Waals surface area contributed by atoms with E-state index in [1.165, 1.54) is 15.3 Å². The second-order valence-electron chi connectivity index (χ2n) is 4.63. The van der Waals surface area contributed by atoms with Gasteiger partial charge in [0.2, 0.25) is 0 Å². The molecule has 0 fully saturated rings. The third-order valence-corrected chi connectivity index (χ3v) is 5.14. The molecule has 0 bridgehead atoms. The maximum absolute atomic E-state index is 6.68. The summed E-state index contributed by atoms with van der Waals surface area (Å²) in [4.78, 5) is 2.58. The summed E-state index contributed by atoms with van der Waals surface area (Å²) >= 11 is 8.47. The number of ether oxygens (including phenoxy) is 1. The van der Waals surface area contributed by atoms with Crippen LogP contribution in [0, 0.1) is 6.92 Å². The second kappa shape index (κ2) is 4.94. The van der Waals surface area contributed by atoms with E-state index in [-0.39, 0.29) is 5.38 Å². The van der Waals surface area contributed by atoms with Crippen molar-refractivity contribution in [3.8, 4) is 5.75 Å². The quantitative estimate of drug-likeness (QED) is 0.710. The zero-order valence-electron chi connectivity index (χ0n) is 10.2. The van der Waals surface area contributed by atoms with E-state index in [0.29, 0.717) is 5.92 Å². The van der Waals surface area contributed by atoms with Crippen molar-refractivity contribution in [2.75, 3.05) is 6.61 Å². The molecular weight excluding hydrogens is 264 g/mol. The lowest BCUT2D eigenvalue weighted by atomic mass is 9.89. The third kappa shape index (κ3) is 2.15. The fourth-order valence-electron chi connectivity index (χ4n) is 2.47. The van der Waals surface area contributed by atoms with Gasteiger partial charge < -0.3 is 4.74 Å². The molecule has 94 valence electrons. The summed E-state index contributed by atoms with van der Waals surface area (Å²) in [5, 5.41) is 0.0498. The lowest BCUT2D eigenvalue weighted by molar-refractivity contribution is 0.265. The standard InChI is InChI=1S/C15H15ClOS/c1-10-6-7-14(18-10)15(16)12-8-9-17-13-5-3-2-4-11(12)13/h2-7,12,15H,8-9H2,1H3. The Morgan fingerprint density at radius 1 is 1.28 bits per heavy atom. The summed E-state index contributed by atoms with van der Waals surface area (Å²) in [5.74, 6) is 1.35. The molecule has 0 amide bonds. The van der Waals surface area contributed by atoms with Gasteiger partial charge in [0, 0.05) is 15.7 Å². The van der Waals surface area contributed by atoms with E-state index >= 15 is 0 Å². The first-order valence-corrected chi connectivity index (χ1v) is 7.43. The molecule has 18 heavy (non-hydrogen) atoms. The third-order valence-electron chi connectivity index (χ3n) is 3.39. The number of alkyl halides is 1. The Hall–Kier alpha value is -0.990. The molecule has 0 radical (unpaired) electrons. The van der Waals surface area contributed by atoms with Crippen LogP contribution in [0.1, 0.15) is 33.0 Å². The molecule has 1 aromatic carbocycles. The Morgan fingerprint density at radius 3 is 2.89 bits per heavy atom. The number of fused-ring (bicyclic) bond motifs is 1. The van der Waals surface area contributed by atoms with Crippen LogP contribution in [0.2, 0.25) is 0 Å². The smallest absolute Gasteiger partial charge is 0.122 e. The summed E-state index contributed by atoms with van der Waals surface area (Å²) < 4.78 is 5.69. The first-order valence-electron chi connectivity index (χ1n) is 6.18. The van der Waals surface area contributed by atoms with Crippen molar-refractivity contribution in [2.24, 2.45) is 0 Å². The highest BCUT2D eigenvalue weighted by Gasteiger charge is 2.29. The van der Waals surface area contributed by atoms with Gasteiger partial charge in [-0.2, -0.15) is 0 Å². The minimum absolute atomic E-state index is 0.0498. The largest absolute Gasteiger partial charge is 0.493 e. The SMILES string of the molecule is Cc1ccc(C(Cl)C2CCOc3ccccc32)s1. The van der Waals surface area contributed by atoms with Gasteiger partial charge in [0.15, 0.2) is 0 Å². The highest BCUT2D eigenvalue weighted by molar-refractivity contribution is 7.12. The van der Waals surface area contributed by atoms with E-state index in [2.05, 4.69) is 31.2 Å². The number of thiophene rings is 1. The van der Waals surface area contributed by atoms with Crippen LogP contribution in [0.5, 0.6) is 5.75 Å². The summed E-state index contributed by atoms with van der Waals surface area (Å²) in [6, 6.07) is 12.5. The average Bonchev–Trinajstić information content (AvgIpc) is 2.84. The summed E-state index contributed by atoms with van der Waals surface area (Å²) in [7, 11) is 0. The van der Waals surface area contributed by atoms with Crippen LogP contribution in [-0.4, -0.2) is 6.61 Å². The van der Waals surface area contributed by atoms with Gasteiger partial charge >= 0.3 is 0 Å². The van der Waals surface area contributed by atoms with E-state index in [4.69, 9.17) is 16.3 Å². The summed E-state index contributed by atoms with van der Waals surface area (Å²) in [6.07, 6.45) is 0.988. The highest BCUT2D eigenvalue weighted by Crippen LogP contribution is 2.46. The number of hydrogen-bond donors (Lipinski definition) is 0. The molecule has 1 aliphatic rings. The average molecular weight is 279 g/mol. The number of para-hydroxylation sites is 1. The first kappa shape index (κ1) is 12.1. The molecule has 0 spiro atoms. The van der Waals surface area contributed by atoms with Crippen LogP contribution in [-0.2, 0) is 0 Å². The van der Waals surface area contributed by atoms with Gasteiger partial charge in [-0.15, -0.1) is 22.9 Å². The Bertz CT molecular complexity index is 549. The van der Waals surface area contributed by atoms with Gasteiger partial charge in [0.05, 0.1) is 12.0 Å². The molecule has 2 unspecified atom stereocenters. The summed E-state index contributed by atoms with van der Waals surface area (Å²) in [6.45, 7) is 2.88. The van der Waals surface area contributed by atoms with Crippen LogP contribution >= 0.6 is 22.9 Å². The maximum Gasteiger partial charge on any atom is 0.122 e. The lowest BCUT2D eigenvalue weighted by Crippen LogP contribution is -2.17. The number of aryl methyl sites for hydroxylation is 1. The van der Waals surface area contributed by atoms with E-state index in [1.807, 2.05) is 12.1 Å². The van der Waals surface area contributed by atoms with Crippen LogP contribution < -0.4 is 4.74 Å². The van der Waals surface area contributed by atoms with Crippen molar-refractivity contribution >= 4 is 22.9 Å². The molecule has 2 aromatic rings. The predicted molar refractivity (Wildman–Crippen MR) is 76.9 cm³/mol. The molecule has 2 atom stereocenters. The van der Waals surface area contributed by atoms with E-state index in [1.54, 1.807) is 11.3 Å². The number of halogens is 1. The van der Waals surface area contributed by atoms with Crippen LogP contribution in [0.15, 0.2) is 36.4 Å². The zero-order valence-corrected chi connectivity index (χ0v) is 11.8.